The Bertz CT molecular complexity index is 4140. The zero-order chi connectivity index (χ0) is 88.5. The van der Waals surface area contributed by atoms with Crippen LogP contribution >= 0.6 is 34.8 Å². The molecule has 0 aromatic heterocycles. The molecule has 0 amide bonds. The van der Waals surface area contributed by atoms with Gasteiger partial charge in [-0.05, 0) is 232 Å². The fraction of sp³-hybridized carbons (Fsp3) is 0.417. The van der Waals surface area contributed by atoms with E-state index < -0.39 is 0 Å². The zero-order valence-electron chi connectivity index (χ0n) is 72.2. The quantitative estimate of drug-likeness (QED) is 0.0158. The molecule has 10 aromatic carbocycles. The smallest absolute Gasteiger partial charge is 0.0606 e. The summed E-state index contributed by atoms with van der Waals surface area (Å²) >= 11 is 18.4. The van der Waals surface area contributed by atoms with E-state index in [0.717, 1.165) is 94.1 Å². The minimum atomic E-state index is -0.185. The van der Waals surface area contributed by atoms with Gasteiger partial charge in [-0.2, -0.15) is 0 Å². The van der Waals surface area contributed by atoms with Gasteiger partial charge < -0.3 is 86.0 Å². The number of nitrogens with zero attached hydrogens (tertiary/aromatic N) is 4. The number of halogens is 3. The van der Waals surface area contributed by atoms with Crippen molar-refractivity contribution in [2.24, 2.45) is 5.41 Å². The topological polar surface area (TPSA) is 276 Å². The number of aliphatic hydroxyl groups is 13. The highest BCUT2D eigenvalue weighted by Gasteiger charge is 2.30. The fourth-order valence-corrected chi connectivity index (χ4v) is 17.5. The fourth-order valence-electron chi connectivity index (χ4n) is 17.1. The van der Waals surface area contributed by atoms with E-state index >= 15 is 0 Å². The highest BCUT2D eigenvalue weighted by Crippen LogP contribution is 2.43. The van der Waals surface area contributed by atoms with Crippen molar-refractivity contribution in [3.05, 3.63) is 330 Å². The van der Waals surface area contributed by atoms with Crippen LogP contribution in [-0.4, -0.2) is 204 Å². The summed E-state index contributed by atoms with van der Waals surface area (Å²) in [6.07, 6.45) is 8.41. The molecule has 1 aliphatic carbocycles. The Hall–Kier alpha value is -8.25. The molecule has 1 aliphatic rings. The first-order chi connectivity index (χ1) is 59.7. The van der Waals surface area contributed by atoms with E-state index in [-0.39, 0.29) is 126 Å². The van der Waals surface area contributed by atoms with Crippen LogP contribution in [0.4, 0.5) is 22.7 Å². The molecule has 0 spiro atoms. The molecule has 1 fully saturated rings. The number of anilines is 4. The summed E-state index contributed by atoms with van der Waals surface area (Å²) < 4.78 is 0. The van der Waals surface area contributed by atoms with E-state index in [9.17, 15) is 66.4 Å². The predicted molar refractivity (Wildman–Crippen MR) is 504 cm³/mol. The summed E-state index contributed by atoms with van der Waals surface area (Å²) in [6.45, 7) is 13.7. The maximum absolute atomic E-state index is 10.1. The van der Waals surface area contributed by atoms with Crippen LogP contribution in [-0.2, 0) is 0 Å². The molecule has 10 aromatic rings. The highest BCUT2D eigenvalue weighted by atomic mass is 35.5. The van der Waals surface area contributed by atoms with Gasteiger partial charge in [0.2, 0.25) is 0 Å². The Morgan fingerprint density at radius 3 is 0.780 bits per heavy atom. The molecule has 13 N–H and O–H groups in total. The summed E-state index contributed by atoms with van der Waals surface area (Å²) in [5.41, 5.74) is 19.5. The summed E-state index contributed by atoms with van der Waals surface area (Å²) in [7, 11) is 0. The normalized spacial score (nSPS) is 13.8. The lowest BCUT2D eigenvalue weighted by molar-refractivity contribution is 0.119. The van der Waals surface area contributed by atoms with Crippen LogP contribution in [0.3, 0.4) is 0 Å². The van der Waals surface area contributed by atoms with Crippen LogP contribution in [0.1, 0.15) is 206 Å². The summed E-state index contributed by atoms with van der Waals surface area (Å²) in [6, 6.07) is 83.3. The molecule has 0 radical (unpaired) electrons. The van der Waals surface area contributed by atoms with Crippen molar-refractivity contribution < 1.29 is 66.4 Å². The Labute approximate surface area is 745 Å². The van der Waals surface area contributed by atoms with Crippen molar-refractivity contribution in [1.29, 1.82) is 0 Å². The van der Waals surface area contributed by atoms with Crippen molar-refractivity contribution in [2.45, 2.75) is 139 Å². The molecule has 664 valence electrons. The molecule has 0 heterocycles. The van der Waals surface area contributed by atoms with Crippen molar-refractivity contribution in [3.63, 3.8) is 0 Å². The maximum atomic E-state index is 10.1. The van der Waals surface area contributed by atoms with E-state index in [4.69, 9.17) is 34.8 Å². The molecule has 20 heteroatoms. The second kappa shape index (κ2) is 53.9. The van der Waals surface area contributed by atoms with E-state index in [1.165, 1.54) is 44.5 Å². The molecule has 0 bridgehead atoms. The second-order valence-electron chi connectivity index (χ2n) is 32.7. The lowest BCUT2D eigenvalue weighted by Gasteiger charge is -2.32. The van der Waals surface area contributed by atoms with Gasteiger partial charge in [0.1, 0.15) is 0 Å². The molecule has 4 unspecified atom stereocenters. The Morgan fingerprint density at radius 1 is 0.293 bits per heavy atom. The van der Waals surface area contributed by atoms with Gasteiger partial charge in [-0.3, -0.25) is 0 Å². The SMILES string of the molecule is CC(C)(C)C(c1ccc(Cl)cc1)c1ccc(N(CCO)CCO)cc1.CCCC(c1ccc(N(CCO)CCO)cc1)c1ccc(N(CCO)CCO)cc1.OCCC(CCO)c1ccc(C(c2ccc(Cl)cc2)c2ccc(C(CCO)CCO)cc2)cc1.OCCN(CCO)c1ccc(C(c2ccc(Cl)cc2)c2ccc(C3CCCC(O)C3)cc2)cc1. The zero-order valence-corrected chi connectivity index (χ0v) is 74.4. The average molecular weight is 1740 g/mol. The minimum Gasteiger partial charge on any atom is -0.396 e. The van der Waals surface area contributed by atoms with Crippen molar-refractivity contribution in [1.82, 2.24) is 0 Å². The first-order valence-corrected chi connectivity index (χ1v) is 44.8. The lowest BCUT2D eigenvalue weighted by Crippen LogP contribution is -2.29. The van der Waals surface area contributed by atoms with E-state index in [0.29, 0.717) is 94.0 Å². The van der Waals surface area contributed by atoms with E-state index in [1.54, 1.807) is 0 Å². The molecular weight excluding hydrogens is 1610 g/mol. The maximum Gasteiger partial charge on any atom is 0.0606 e. The molecule has 4 atom stereocenters. The Morgan fingerprint density at radius 2 is 0.528 bits per heavy atom. The van der Waals surface area contributed by atoms with Crippen molar-refractivity contribution in [3.8, 4) is 0 Å². The number of aliphatic hydroxyl groups excluding tert-OH is 13. The van der Waals surface area contributed by atoms with Gasteiger partial charge >= 0.3 is 0 Å². The van der Waals surface area contributed by atoms with Gasteiger partial charge in [-0.1, -0.05) is 233 Å². The Balaban J connectivity index is 0.000000205. The van der Waals surface area contributed by atoms with Gasteiger partial charge in [0.05, 0.1) is 59.0 Å². The second-order valence-corrected chi connectivity index (χ2v) is 34.0. The molecule has 0 saturated heterocycles. The van der Waals surface area contributed by atoms with Gasteiger partial charge in [0.25, 0.3) is 0 Å². The van der Waals surface area contributed by atoms with Gasteiger partial charge in [-0.25, -0.2) is 0 Å². The monoisotopic (exact) mass is 1740 g/mol. The highest BCUT2D eigenvalue weighted by molar-refractivity contribution is 6.31. The minimum absolute atomic E-state index is 0.0173. The van der Waals surface area contributed by atoms with E-state index in [1.807, 2.05) is 56.0 Å². The molecular formula is C103H133Cl3N4O13. The molecule has 11 rings (SSSR count). The third-order valence-electron chi connectivity index (χ3n) is 23.3. The van der Waals surface area contributed by atoms with Gasteiger partial charge in [0, 0.05) is 140 Å². The molecule has 0 aliphatic heterocycles. The van der Waals surface area contributed by atoms with Crippen LogP contribution in [0.25, 0.3) is 0 Å². The van der Waals surface area contributed by atoms with Crippen LogP contribution in [0.2, 0.25) is 15.1 Å². The number of hydrogen-bond acceptors (Lipinski definition) is 17. The number of rotatable bonds is 43. The molecule has 123 heavy (non-hydrogen) atoms. The first kappa shape index (κ1) is 100. The van der Waals surface area contributed by atoms with Crippen molar-refractivity contribution in [2.75, 3.05) is 151 Å². The number of hydrogen-bond donors (Lipinski definition) is 13. The first-order valence-electron chi connectivity index (χ1n) is 43.7. The third-order valence-corrected chi connectivity index (χ3v) is 24.1. The summed E-state index contributed by atoms with van der Waals surface area (Å²) in [4.78, 5) is 7.92. The van der Waals surface area contributed by atoms with Crippen LogP contribution in [0, 0.1) is 5.41 Å². The van der Waals surface area contributed by atoms with Crippen LogP contribution < -0.4 is 19.6 Å². The van der Waals surface area contributed by atoms with Crippen LogP contribution in [0.5, 0.6) is 0 Å². The predicted octanol–water partition coefficient (Wildman–Crippen LogP) is 17.1. The van der Waals surface area contributed by atoms with Gasteiger partial charge in [0.15, 0.2) is 0 Å². The standard InChI is InChI=1S/C29H34ClNO3.C29H35ClO4.C24H36N2O4.C21H28ClNO2/c30-26-12-8-23(9-13-26)29(24-10-14-27(15-11-24)31(16-18-32)17-19-33)22-6-4-21(5-7-22)25-2-1-3-28(34)20-25;30-28-11-9-27(10-12-28)29(25-5-1-21(2-6-25)23(13-17-31)14-18-32)26-7-3-22(4-8-26)24(15-19-33)16-20-34;1-2-3-24(20-4-8-22(9-5-20)25(12-16-27)13-17-28)21-6-10-23(11-7-21)26(14-18-29)15-19-30;1-21(2,3)20(16-4-8-18(22)9-5-16)17-6-10-19(11-7-17)23(12-14-24)13-15-25/h4-15,25,28-29,32-34H,1-3,16-20H2;1-12,23-24,29,31-34H,13-20H2;4-11,24,27-30H,2-3,12-19H2,1H3;4-11,20,24-25H,12-15H2,1-3H3. The molecule has 1 saturated carbocycles. The summed E-state index contributed by atoms with van der Waals surface area (Å²) in [5, 5.41) is 124. The van der Waals surface area contributed by atoms with Crippen molar-refractivity contribution >= 4 is 57.6 Å². The third kappa shape index (κ3) is 30.8. The Kier molecular flexibility index (Phi) is 43.9. The largest absolute Gasteiger partial charge is 0.396 e. The van der Waals surface area contributed by atoms with E-state index in [2.05, 4.69) is 234 Å². The summed E-state index contributed by atoms with van der Waals surface area (Å²) in [5.74, 6) is 1.30. The average Bonchev–Trinajstić information content (AvgIpc) is 0.812. The number of benzene rings is 10. The van der Waals surface area contributed by atoms with Crippen LogP contribution in [0.15, 0.2) is 243 Å². The van der Waals surface area contributed by atoms with Gasteiger partial charge in [-0.15, -0.1) is 0 Å². The molecule has 17 nitrogen and oxygen atoms in total. The lowest BCUT2D eigenvalue weighted by atomic mass is 9.72.